The average Bonchev–Trinajstić information content (AvgIpc) is 2.28. The molecule has 2 atom stereocenters. The standard InChI is InChI=1S/C12H16N2O/c1-3-14-9(2)12(15)11-6-4-5-10(7-11)8-13/h4-7,9,12,14-15H,3H2,1-2H3. The molecule has 0 spiro atoms. The van der Waals surface area contributed by atoms with E-state index < -0.39 is 6.10 Å². The lowest BCUT2D eigenvalue weighted by molar-refractivity contribution is 0.137. The summed E-state index contributed by atoms with van der Waals surface area (Å²) in [5.74, 6) is 0. The molecule has 1 aromatic rings. The number of likely N-dealkylation sites (N-methyl/N-ethyl adjacent to an activating group) is 1. The maximum Gasteiger partial charge on any atom is 0.0991 e. The van der Waals surface area contributed by atoms with Crippen molar-refractivity contribution in [1.82, 2.24) is 5.32 Å². The molecule has 2 unspecified atom stereocenters. The van der Waals surface area contributed by atoms with E-state index in [9.17, 15) is 5.11 Å². The Hall–Kier alpha value is -1.37. The van der Waals surface area contributed by atoms with E-state index in [0.29, 0.717) is 5.56 Å². The summed E-state index contributed by atoms with van der Waals surface area (Å²) in [6.45, 7) is 4.73. The third-order valence-corrected chi connectivity index (χ3v) is 2.36. The Bertz CT molecular complexity index is 357. The van der Waals surface area contributed by atoms with E-state index in [4.69, 9.17) is 5.26 Å². The van der Waals surface area contributed by atoms with Crippen molar-refractivity contribution in [3.05, 3.63) is 35.4 Å². The molecule has 0 aliphatic carbocycles. The minimum Gasteiger partial charge on any atom is -0.387 e. The van der Waals surface area contributed by atoms with Crippen LogP contribution < -0.4 is 5.32 Å². The van der Waals surface area contributed by atoms with E-state index in [-0.39, 0.29) is 6.04 Å². The summed E-state index contributed by atoms with van der Waals surface area (Å²) in [6.07, 6.45) is -0.571. The average molecular weight is 204 g/mol. The summed E-state index contributed by atoms with van der Waals surface area (Å²) < 4.78 is 0. The van der Waals surface area contributed by atoms with Crippen molar-refractivity contribution in [3.8, 4) is 6.07 Å². The van der Waals surface area contributed by atoms with Gasteiger partial charge in [0.2, 0.25) is 0 Å². The van der Waals surface area contributed by atoms with E-state index in [0.717, 1.165) is 12.1 Å². The molecular weight excluding hydrogens is 188 g/mol. The molecule has 1 rings (SSSR count). The van der Waals surface area contributed by atoms with E-state index in [2.05, 4.69) is 11.4 Å². The predicted octanol–water partition coefficient (Wildman–Crippen LogP) is 1.59. The van der Waals surface area contributed by atoms with Crippen molar-refractivity contribution in [1.29, 1.82) is 5.26 Å². The zero-order valence-electron chi connectivity index (χ0n) is 9.07. The zero-order chi connectivity index (χ0) is 11.3. The predicted molar refractivity (Wildman–Crippen MR) is 59.3 cm³/mol. The molecule has 80 valence electrons. The third-order valence-electron chi connectivity index (χ3n) is 2.36. The van der Waals surface area contributed by atoms with Crippen molar-refractivity contribution >= 4 is 0 Å². The van der Waals surface area contributed by atoms with Crippen molar-refractivity contribution in [2.24, 2.45) is 0 Å². The highest BCUT2D eigenvalue weighted by atomic mass is 16.3. The highest BCUT2D eigenvalue weighted by Crippen LogP contribution is 2.17. The highest BCUT2D eigenvalue weighted by Gasteiger charge is 2.15. The molecule has 3 heteroatoms. The molecule has 0 saturated carbocycles. The first-order chi connectivity index (χ1) is 7.19. The van der Waals surface area contributed by atoms with Crippen LogP contribution in [-0.2, 0) is 0 Å². The second kappa shape index (κ2) is 5.50. The molecule has 1 aromatic carbocycles. The first-order valence-electron chi connectivity index (χ1n) is 5.10. The summed E-state index contributed by atoms with van der Waals surface area (Å²) in [5, 5.41) is 21.9. The highest BCUT2D eigenvalue weighted by molar-refractivity contribution is 5.34. The Balaban J connectivity index is 2.82. The van der Waals surface area contributed by atoms with Crippen LogP contribution in [0.5, 0.6) is 0 Å². The smallest absolute Gasteiger partial charge is 0.0991 e. The lowest BCUT2D eigenvalue weighted by Crippen LogP contribution is -2.31. The van der Waals surface area contributed by atoms with Crippen molar-refractivity contribution < 1.29 is 5.11 Å². The second-order valence-electron chi connectivity index (χ2n) is 3.53. The summed E-state index contributed by atoms with van der Waals surface area (Å²) in [4.78, 5) is 0. The SMILES string of the molecule is CCNC(C)C(O)c1cccc(C#N)c1. The van der Waals surface area contributed by atoms with Crippen molar-refractivity contribution in [2.45, 2.75) is 26.0 Å². The lowest BCUT2D eigenvalue weighted by atomic mass is 10.0. The van der Waals surface area contributed by atoms with Gasteiger partial charge in [-0.1, -0.05) is 19.1 Å². The Labute approximate surface area is 90.4 Å². The van der Waals surface area contributed by atoms with E-state index in [1.54, 1.807) is 18.2 Å². The molecule has 0 heterocycles. The van der Waals surface area contributed by atoms with Crippen LogP contribution >= 0.6 is 0 Å². The maximum atomic E-state index is 9.97. The molecular formula is C12H16N2O. The maximum absolute atomic E-state index is 9.97. The number of hydrogen-bond acceptors (Lipinski definition) is 3. The lowest BCUT2D eigenvalue weighted by Gasteiger charge is -2.19. The number of rotatable bonds is 4. The molecule has 0 saturated heterocycles. The summed E-state index contributed by atoms with van der Waals surface area (Å²) in [7, 11) is 0. The van der Waals surface area contributed by atoms with Gasteiger partial charge >= 0.3 is 0 Å². The van der Waals surface area contributed by atoms with Crippen LogP contribution in [0.4, 0.5) is 0 Å². The van der Waals surface area contributed by atoms with Gasteiger partial charge in [-0.15, -0.1) is 0 Å². The first kappa shape index (κ1) is 11.7. The molecule has 0 aliphatic rings. The summed E-state index contributed by atoms with van der Waals surface area (Å²) in [5.41, 5.74) is 1.36. The Morgan fingerprint density at radius 3 is 2.87 bits per heavy atom. The number of nitriles is 1. The number of nitrogens with zero attached hydrogens (tertiary/aromatic N) is 1. The van der Waals surface area contributed by atoms with Gasteiger partial charge in [0.25, 0.3) is 0 Å². The van der Waals surface area contributed by atoms with Gasteiger partial charge in [-0.05, 0) is 31.2 Å². The van der Waals surface area contributed by atoms with Crippen LogP contribution in [0, 0.1) is 11.3 Å². The number of aliphatic hydroxyl groups excluding tert-OH is 1. The fourth-order valence-electron chi connectivity index (χ4n) is 1.51. The van der Waals surface area contributed by atoms with Crippen LogP contribution in [0.1, 0.15) is 31.1 Å². The van der Waals surface area contributed by atoms with E-state index in [1.165, 1.54) is 0 Å². The largest absolute Gasteiger partial charge is 0.387 e. The van der Waals surface area contributed by atoms with E-state index in [1.807, 2.05) is 19.9 Å². The van der Waals surface area contributed by atoms with Gasteiger partial charge in [-0.25, -0.2) is 0 Å². The molecule has 15 heavy (non-hydrogen) atoms. The molecule has 2 N–H and O–H groups in total. The molecule has 0 bridgehead atoms. The summed E-state index contributed by atoms with van der Waals surface area (Å²) in [6, 6.07) is 9.12. The quantitative estimate of drug-likeness (QED) is 0.783. The Morgan fingerprint density at radius 1 is 1.53 bits per heavy atom. The van der Waals surface area contributed by atoms with Gasteiger partial charge in [0, 0.05) is 6.04 Å². The fourth-order valence-corrected chi connectivity index (χ4v) is 1.51. The molecule has 0 aliphatic heterocycles. The topological polar surface area (TPSA) is 56.0 Å². The van der Waals surface area contributed by atoms with Crippen molar-refractivity contribution in [2.75, 3.05) is 6.54 Å². The van der Waals surface area contributed by atoms with Gasteiger partial charge < -0.3 is 10.4 Å². The Kier molecular flexibility index (Phi) is 4.29. The van der Waals surface area contributed by atoms with Gasteiger partial charge in [-0.3, -0.25) is 0 Å². The molecule has 3 nitrogen and oxygen atoms in total. The number of hydrogen-bond donors (Lipinski definition) is 2. The third kappa shape index (κ3) is 3.05. The minimum absolute atomic E-state index is 0.0102. The van der Waals surface area contributed by atoms with Gasteiger partial charge in [0.15, 0.2) is 0 Å². The minimum atomic E-state index is -0.571. The molecule has 0 radical (unpaired) electrons. The van der Waals surface area contributed by atoms with Crippen LogP contribution in [-0.4, -0.2) is 17.7 Å². The van der Waals surface area contributed by atoms with Gasteiger partial charge in [0.1, 0.15) is 0 Å². The van der Waals surface area contributed by atoms with Gasteiger partial charge in [0.05, 0.1) is 17.7 Å². The molecule has 0 amide bonds. The Morgan fingerprint density at radius 2 is 2.27 bits per heavy atom. The fraction of sp³-hybridized carbons (Fsp3) is 0.417. The van der Waals surface area contributed by atoms with Crippen molar-refractivity contribution in [3.63, 3.8) is 0 Å². The van der Waals surface area contributed by atoms with Crippen LogP contribution in [0.25, 0.3) is 0 Å². The number of nitrogens with one attached hydrogen (secondary N) is 1. The first-order valence-corrected chi connectivity index (χ1v) is 5.10. The van der Waals surface area contributed by atoms with Crippen LogP contribution in [0.3, 0.4) is 0 Å². The monoisotopic (exact) mass is 204 g/mol. The second-order valence-corrected chi connectivity index (χ2v) is 3.53. The zero-order valence-corrected chi connectivity index (χ0v) is 9.07. The van der Waals surface area contributed by atoms with Crippen LogP contribution in [0.15, 0.2) is 24.3 Å². The number of aliphatic hydroxyl groups is 1. The molecule has 0 aromatic heterocycles. The van der Waals surface area contributed by atoms with Gasteiger partial charge in [-0.2, -0.15) is 5.26 Å². The normalized spacial score (nSPS) is 14.3. The van der Waals surface area contributed by atoms with Crippen LogP contribution in [0.2, 0.25) is 0 Å². The molecule has 0 fully saturated rings. The van der Waals surface area contributed by atoms with E-state index >= 15 is 0 Å². The summed E-state index contributed by atoms with van der Waals surface area (Å²) >= 11 is 0. The number of benzene rings is 1.